The average molecular weight is 1010 g/mol. The Morgan fingerprint density at radius 1 is 0.556 bits per heavy atom. The molecule has 2 N–H and O–H groups in total. The molecule has 14 heteroatoms. The van der Waals surface area contributed by atoms with Crippen LogP contribution in [0.5, 0.6) is 0 Å². The zero-order chi connectivity index (χ0) is 44.2. The molecule has 2 amide bonds. The summed E-state index contributed by atoms with van der Waals surface area (Å²) in [5.41, 5.74) is 7.65. The van der Waals surface area contributed by atoms with E-state index in [4.69, 9.17) is 0 Å². The van der Waals surface area contributed by atoms with Crippen LogP contribution in [0, 0.1) is 30.2 Å². The van der Waals surface area contributed by atoms with Gasteiger partial charge in [0.1, 0.15) is 23.3 Å². The van der Waals surface area contributed by atoms with Crippen molar-refractivity contribution in [2.24, 2.45) is 9.98 Å². The summed E-state index contributed by atoms with van der Waals surface area (Å²) in [5, 5.41) is 5.17. The van der Waals surface area contributed by atoms with Crippen molar-refractivity contribution in [1.82, 2.24) is 0 Å². The minimum Gasteiger partial charge on any atom is -0.453 e. The molecule has 6 aromatic carbocycles. The molecule has 6 aromatic rings. The predicted octanol–water partition coefficient (Wildman–Crippen LogP) is 13.4. The molecule has 0 fully saturated rings. The van der Waals surface area contributed by atoms with E-state index in [2.05, 4.69) is 46.0 Å². The van der Waals surface area contributed by atoms with E-state index in [1.807, 2.05) is 91.9 Å². The summed E-state index contributed by atoms with van der Waals surface area (Å²) < 4.78 is 65.6. The van der Waals surface area contributed by atoms with Gasteiger partial charge in [-0.1, -0.05) is 94.3 Å². The van der Waals surface area contributed by atoms with Crippen LogP contribution in [-0.2, 0) is 29.9 Å². The Kier molecular flexibility index (Phi) is 17.5. The molecule has 0 spiro atoms. The van der Waals surface area contributed by atoms with Gasteiger partial charge in [0, 0.05) is 47.7 Å². The van der Waals surface area contributed by atoms with Crippen molar-refractivity contribution in [2.75, 3.05) is 24.9 Å². The third kappa shape index (κ3) is 13.0. The van der Waals surface area contributed by atoms with Crippen molar-refractivity contribution >= 4 is 50.9 Å². The van der Waals surface area contributed by atoms with Crippen LogP contribution >= 0.6 is 15.9 Å². The number of anilines is 2. The molecule has 0 bridgehead atoms. The number of carbonyl (C=O) groups excluding carboxylic acids is 2. The maximum absolute atomic E-state index is 14.0. The van der Waals surface area contributed by atoms with E-state index in [1.165, 1.54) is 50.6 Å². The topological polar surface area (TPSA) is 101 Å². The summed E-state index contributed by atoms with van der Waals surface area (Å²) in [6.07, 6.45) is 1.68. The minimum atomic E-state index is -0.574. The first-order chi connectivity index (χ1) is 29.9. The fourth-order valence-corrected chi connectivity index (χ4v) is 7.16. The minimum absolute atomic E-state index is 0. The fraction of sp³-hybridized carbons (Fsp3) is 0.184. The Balaban J connectivity index is 0.000000195. The molecular weight excluding hydrogens is 971 g/mol. The largest absolute Gasteiger partial charge is 0.453 e. The molecular formula is C49H43BrF4N4O4Pd. The Labute approximate surface area is 385 Å². The predicted molar refractivity (Wildman–Crippen MR) is 239 cm³/mol. The van der Waals surface area contributed by atoms with Gasteiger partial charge in [0.15, 0.2) is 0 Å². The number of methoxy groups -OCH3 is 2. The van der Waals surface area contributed by atoms with E-state index in [1.54, 1.807) is 12.1 Å². The Hall–Kier alpha value is -5.94. The zero-order valence-electron chi connectivity index (χ0n) is 34.4. The zero-order valence-corrected chi connectivity index (χ0v) is 37.6. The van der Waals surface area contributed by atoms with E-state index < -0.39 is 35.5 Å². The van der Waals surface area contributed by atoms with Gasteiger partial charge in [-0.3, -0.25) is 20.6 Å². The summed E-state index contributed by atoms with van der Waals surface area (Å²) in [6.45, 7) is 1.99. The summed E-state index contributed by atoms with van der Waals surface area (Å²) in [4.78, 5) is 31.1. The number of nitrogens with zero attached hydrogens (tertiary/aromatic N) is 2. The van der Waals surface area contributed by atoms with E-state index in [0.717, 1.165) is 50.8 Å². The number of aliphatic imine (C=N–C) groups is 2. The normalized spacial score (nSPS) is 14.9. The van der Waals surface area contributed by atoms with Crippen LogP contribution in [0.1, 0.15) is 65.6 Å². The first kappa shape index (κ1) is 48.1. The van der Waals surface area contributed by atoms with Gasteiger partial charge in [-0.05, 0) is 116 Å². The number of hydrogen-bond donors (Lipinski definition) is 2. The number of nitrogens with one attached hydrogen (secondary N) is 2. The maximum Gasteiger partial charge on any atom is 0.411 e. The second kappa shape index (κ2) is 22.9. The number of benzene rings is 6. The van der Waals surface area contributed by atoms with Gasteiger partial charge in [-0.25, -0.2) is 27.2 Å². The second-order valence-corrected chi connectivity index (χ2v) is 15.2. The van der Waals surface area contributed by atoms with Gasteiger partial charge in [0.05, 0.1) is 37.4 Å². The number of amides is 2. The second-order valence-electron chi connectivity index (χ2n) is 14.3. The van der Waals surface area contributed by atoms with Crippen LogP contribution in [0.2, 0.25) is 0 Å². The quantitative estimate of drug-likeness (QED) is 0.123. The van der Waals surface area contributed by atoms with Crippen LogP contribution in [0.15, 0.2) is 148 Å². The summed E-state index contributed by atoms with van der Waals surface area (Å²) >= 11 is 3.39. The number of rotatable bonds is 7. The molecule has 0 aliphatic carbocycles. The van der Waals surface area contributed by atoms with Crippen molar-refractivity contribution in [1.29, 1.82) is 0 Å². The first-order valence-electron chi connectivity index (χ1n) is 19.7. The molecule has 328 valence electrons. The molecule has 0 saturated heterocycles. The first-order valence-corrected chi connectivity index (χ1v) is 20.5. The summed E-state index contributed by atoms with van der Waals surface area (Å²) in [6, 6.07) is 38.4. The Morgan fingerprint density at radius 3 is 1.29 bits per heavy atom. The number of carbonyl (C=O) groups is 2. The molecule has 8 nitrogen and oxygen atoms in total. The molecule has 2 atom stereocenters. The van der Waals surface area contributed by atoms with Crippen molar-refractivity contribution in [3.8, 4) is 11.1 Å². The van der Waals surface area contributed by atoms with Gasteiger partial charge in [-0.15, -0.1) is 0 Å². The fourth-order valence-electron chi connectivity index (χ4n) is 6.89. The SMILES string of the molecule is COC(=O)Nc1ccc(-c2ccc(C3CCC(c4c(F)cccc4F)=N3)cc2)cc1.COC(=O)Nc1ccc(C)cc1.Fc1cccc(F)c1C1=NC(c2ccc(Br)cc2)CC1.[Pd]. The van der Waals surface area contributed by atoms with Crippen LogP contribution in [0.25, 0.3) is 11.1 Å². The third-order valence-electron chi connectivity index (χ3n) is 10.1. The van der Waals surface area contributed by atoms with Crippen LogP contribution < -0.4 is 10.6 Å². The summed E-state index contributed by atoms with van der Waals surface area (Å²) in [7, 11) is 2.65. The summed E-state index contributed by atoms with van der Waals surface area (Å²) in [5.74, 6) is -2.23. The molecule has 8 rings (SSSR count). The third-order valence-corrected chi connectivity index (χ3v) is 10.6. The van der Waals surface area contributed by atoms with Crippen LogP contribution in [-0.4, -0.2) is 37.8 Å². The standard InChI is InChI=1S/C24H20F2N2O2.C16H12BrF2N.C9H11NO2.Pd/c1-30-24(29)27-18-11-9-16(10-12-18)15-5-7-17(8-6-15)21-13-14-22(28-21)23-19(25)3-2-4-20(23)26;17-11-6-4-10(5-7-11)14-8-9-15(20-14)16-12(18)2-1-3-13(16)19;1-7-3-5-8(6-4-7)10-9(11)12-2;/h2-12,21H,13-14H2,1H3,(H,27,29);1-7,14H,8-9H2;3-6H,1-2H3,(H,10,11);. The molecule has 2 unspecified atom stereocenters. The number of halogens is 5. The van der Waals surface area contributed by atoms with E-state index in [-0.39, 0.29) is 43.6 Å². The van der Waals surface area contributed by atoms with Crippen LogP contribution in [0.3, 0.4) is 0 Å². The van der Waals surface area contributed by atoms with Gasteiger partial charge >= 0.3 is 12.2 Å². The van der Waals surface area contributed by atoms with Gasteiger partial charge in [-0.2, -0.15) is 0 Å². The molecule has 2 aliphatic heterocycles. The van der Waals surface area contributed by atoms with Crippen molar-refractivity contribution < 1.29 is 57.0 Å². The number of ether oxygens (including phenoxy) is 2. The molecule has 0 radical (unpaired) electrons. The van der Waals surface area contributed by atoms with E-state index in [0.29, 0.717) is 30.0 Å². The van der Waals surface area contributed by atoms with Crippen molar-refractivity contribution in [3.63, 3.8) is 0 Å². The van der Waals surface area contributed by atoms with Gasteiger partial charge < -0.3 is 9.47 Å². The van der Waals surface area contributed by atoms with Gasteiger partial charge in [0.25, 0.3) is 0 Å². The Morgan fingerprint density at radius 2 is 0.905 bits per heavy atom. The molecule has 0 aromatic heterocycles. The number of hydrogen-bond acceptors (Lipinski definition) is 6. The molecule has 2 heterocycles. The molecule has 2 aliphatic rings. The van der Waals surface area contributed by atoms with E-state index in [9.17, 15) is 27.2 Å². The molecule has 0 saturated carbocycles. The maximum atomic E-state index is 14.0. The number of aryl methyl sites for hydroxylation is 1. The van der Waals surface area contributed by atoms with E-state index >= 15 is 0 Å². The van der Waals surface area contributed by atoms with Crippen molar-refractivity contribution in [2.45, 2.75) is 44.7 Å². The smallest absolute Gasteiger partial charge is 0.411 e. The molecule has 63 heavy (non-hydrogen) atoms. The van der Waals surface area contributed by atoms with Crippen LogP contribution in [0.4, 0.5) is 38.5 Å². The monoisotopic (exact) mass is 1010 g/mol. The van der Waals surface area contributed by atoms with Crippen molar-refractivity contribution in [3.05, 3.63) is 189 Å². The Bertz CT molecular complexity index is 2520. The average Bonchev–Trinajstić information content (AvgIpc) is 3.97. The van der Waals surface area contributed by atoms with Gasteiger partial charge in [0.2, 0.25) is 0 Å².